The summed E-state index contributed by atoms with van der Waals surface area (Å²) in [6.07, 6.45) is 2.35. The van der Waals surface area contributed by atoms with Gasteiger partial charge in [-0.2, -0.15) is 0 Å². The Morgan fingerprint density at radius 2 is 2.06 bits per heavy atom. The van der Waals surface area contributed by atoms with E-state index in [9.17, 15) is 4.79 Å². The highest BCUT2D eigenvalue weighted by Gasteiger charge is 2.26. The third-order valence-corrected chi connectivity index (χ3v) is 3.31. The zero-order valence-corrected chi connectivity index (χ0v) is 9.60. The number of ether oxygens (including phenoxy) is 1. The minimum absolute atomic E-state index is 0.00645. The predicted molar refractivity (Wildman–Crippen MR) is 59.1 cm³/mol. The van der Waals surface area contributed by atoms with E-state index in [0.717, 1.165) is 26.2 Å². The second-order valence-electron chi connectivity index (χ2n) is 4.50. The Morgan fingerprint density at radius 3 is 2.75 bits per heavy atom. The van der Waals surface area contributed by atoms with E-state index < -0.39 is 0 Å². The largest absolute Gasteiger partial charge is 0.394 e. The molecule has 2 fully saturated rings. The lowest BCUT2D eigenvalue weighted by molar-refractivity contribution is -0.151. The number of hydrogen-bond donors (Lipinski definition) is 1. The van der Waals surface area contributed by atoms with Crippen molar-refractivity contribution in [1.29, 1.82) is 0 Å². The van der Waals surface area contributed by atoms with Gasteiger partial charge in [-0.25, -0.2) is 0 Å². The highest BCUT2D eigenvalue weighted by atomic mass is 16.5. The zero-order chi connectivity index (χ0) is 11.4. The first-order chi connectivity index (χ1) is 7.79. The van der Waals surface area contributed by atoms with E-state index in [1.807, 2.05) is 4.90 Å². The minimum atomic E-state index is -0.198. The summed E-state index contributed by atoms with van der Waals surface area (Å²) in [6, 6.07) is 0. The van der Waals surface area contributed by atoms with Crippen LogP contribution in [-0.2, 0) is 9.53 Å². The van der Waals surface area contributed by atoms with Crippen LogP contribution in [0.25, 0.3) is 0 Å². The van der Waals surface area contributed by atoms with Crippen molar-refractivity contribution in [3.05, 3.63) is 0 Å². The summed E-state index contributed by atoms with van der Waals surface area (Å²) in [7, 11) is 0. The first-order valence-electron chi connectivity index (χ1n) is 6.02. The van der Waals surface area contributed by atoms with Gasteiger partial charge in [0.25, 0.3) is 0 Å². The third-order valence-electron chi connectivity index (χ3n) is 3.31. The fourth-order valence-corrected chi connectivity index (χ4v) is 2.28. The molecular weight excluding hydrogens is 208 g/mol. The number of morpholine rings is 1. The van der Waals surface area contributed by atoms with Crippen molar-refractivity contribution in [3.63, 3.8) is 0 Å². The highest BCUT2D eigenvalue weighted by molar-refractivity contribution is 5.78. The maximum absolute atomic E-state index is 11.6. The number of hydrogen-bond acceptors (Lipinski definition) is 4. The van der Waals surface area contributed by atoms with Crippen molar-refractivity contribution in [2.75, 3.05) is 45.9 Å². The molecule has 2 heterocycles. The van der Waals surface area contributed by atoms with Crippen LogP contribution in [0.5, 0.6) is 0 Å². The van der Waals surface area contributed by atoms with Crippen LogP contribution >= 0.6 is 0 Å². The van der Waals surface area contributed by atoms with Crippen LogP contribution in [0.2, 0.25) is 0 Å². The van der Waals surface area contributed by atoms with Crippen molar-refractivity contribution in [2.45, 2.75) is 18.9 Å². The molecule has 5 heteroatoms. The van der Waals surface area contributed by atoms with Gasteiger partial charge in [0.1, 0.15) is 6.61 Å². The van der Waals surface area contributed by atoms with Gasteiger partial charge in [-0.3, -0.25) is 4.79 Å². The summed E-state index contributed by atoms with van der Waals surface area (Å²) >= 11 is 0. The van der Waals surface area contributed by atoms with E-state index in [1.54, 1.807) is 0 Å². The molecule has 2 rings (SSSR count). The Balaban J connectivity index is 1.75. The average Bonchev–Trinajstić information content (AvgIpc) is 2.81. The molecule has 1 N–H and O–H groups in total. The fraction of sp³-hybridized carbons (Fsp3) is 0.909. The van der Waals surface area contributed by atoms with Gasteiger partial charge in [0, 0.05) is 19.6 Å². The van der Waals surface area contributed by atoms with Crippen LogP contribution in [0, 0.1) is 0 Å². The second kappa shape index (κ2) is 5.61. The van der Waals surface area contributed by atoms with Gasteiger partial charge < -0.3 is 19.6 Å². The molecule has 0 saturated carbocycles. The summed E-state index contributed by atoms with van der Waals surface area (Å²) in [5, 5.41) is 9.00. The molecule has 0 spiro atoms. The molecule has 0 radical (unpaired) electrons. The number of nitrogens with zero attached hydrogens (tertiary/aromatic N) is 2. The fourth-order valence-electron chi connectivity index (χ4n) is 2.28. The first kappa shape index (κ1) is 11.8. The molecule has 5 nitrogen and oxygen atoms in total. The summed E-state index contributed by atoms with van der Waals surface area (Å²) in [6.45, 7) is 4.66. The number of carbonyl (C=O) groups is 1. The smallest absolute Gasteiger partial charge is 0.248 e. The first-order valence-corrected chi connectivity index (χ1v) is 6.02. The number of carbonyl (C=O) groups excluding carboxylic acids is 1. The van der Waals surface area contributed by atoms with Crippen LogP contribution < -0.4 is 0 Å². The van der Waals surface area contributed by atoms with Crippen molar-refractivity contribution >= 4 is 5.91 Å². The van der Waals surface area contributed by atoms with Gasteiger partial charge in [0.2, 0.25) is 5.91 Å². The highest BCUT2D eigenvalue weighted by Crippen LogP contribution is 2.09. The quantitative estimate of drug-likeness (QED) is 0.691. The lowest BCUT2D eigenvalue weighted by Crippen LogP contribution is -2.50. The Labute approximate surface area is 96.0 Å². The number of likely N-dealkylation sites (tertiary alicyclic amines) is 1. The molecular formula is C11H20N2O3. The minimum Gasteiger partial charge on any atom is -0.394 e. The standard InChI is InChI=1S/C11H20N2O3/c14-8-10-7-13(11(15)9-16-10)6-5-12-3-1-2-4-12/h10,14H,1-9H2. The van der Waals surface area contributed by atoms with Crippen LogP contribution in [-0.4, -0.2) is 72.9 Å². The predicted octanol–water partition coefficient (Wildman–Crippen LogP) is -0.698. The normalized spacial score (nSPS) is 27.7. The second-order valence-corrected chi connectivity index (χ2v) is 4.50. The average molecular weight is 228 g/mol. The van der Waals surface area contributed by atoms with Gasteiger partial charge in [-0.15, -0.1) is 0 Å². The SMILES string of the molecule is O=C1COC(CO)CN1CCN1CCCC1. The Kier molecular flexibility index (Phi) is 4.15. The Bertz CT molecular complexity index is 241. The monoisotopic (exact) mass is 228 g/mol. The van der Waals surface area contributed by atoms with Crippen molar-refractivity contribution in [1.82, 2.24) is 9.80 Å². The van der Waals surface area contributed by atoms with E-state index in [0.29, 0.717) is 6.54 Å². The molecule has 0 bridgehead atoms. The van der Waals surface area contributed by atoms with Gasteiger partial charge in [-0.05, 0) is 25.9 Å². The van der Waals surface area contributed by atoms with Gasteiger partial charge in [0.15, 0.2) is 0 Å². The van der Waals surface area contributed by atoms with E-state index in [2.05, 4.69) is 4.90 Å². The van der Waals surface area contributed by atoms with Gasteiger partial charge in [-0.1, -0.05) is 0 Å². The van der Waals surface area contributed by atoms with Crippen molar-refractivity contribution in [2.24, 2.45) is 0 Å². The third kappa shape index (κ3) is 2.93. The van der Waals surface area contributed by atoms with E-state index in [4.69, 9.17) is 9.84 Å². The van der Waals surface area contributed by atoms with Crippen molar-refractivity contribution < 1.29 is 14.6 Å². The Hall–Kier alpha value is -0.650. The van der Waals surface area contributed by atoms with Gasteiger partial charge >= 0.3 is 0 Å². The number of aliphatic hydroxyl groups excluding tert-OH is 1. The molecule has 92 valence electrons. The lowest BCUT2D eigenvalue weighted by Gasteiger charge is -2.32. The van der Waals surface area contributed by atoms with Crippen molar-refractivity contribution in [3.8, 4) is 0 Å². The van der Waals surface area contributed by atoms with E-state index in [-0.39, 0.29) is 25.2 Å². The molecule has 0 aromatic carbocycles. The number of rotatable bonds is 4. The Morgan fingerprint density at radius 1 is 1.31 bits per heavy atom. The molecule has 0 aromatic heterocycles. The molecule has 0 aliphatic carbocycles. The van der Waals surface area contributed by atoms with Crippen LogP contribution in [0.4, 0.5) is 0 Å². The van der Waals surface area contributed by atoms with Crippen LogP contribution in [0.3, 0.4) is 0 Å². The number of amides is 1. The topological polar surface area (TPSA) is 53.0 Å². The molecule has 2 aliphatic heterocycles. The van der Waals surface area contributed by atoms with Crippen LogP contribution in [0.1, 0.15) is 12.8 Å². The zero-order valence-electron chi connectivity index (χ0n) is 9.60. The molecule has 0 aromatic rings. The summed E-state index contributed by atoms with van der Waals surface area (Å²) in [5.41, 5.74) is 0. The maximum atomic E-state index is 11.6. The molecule has 1 atom stereocenters. The van der Waals surface area contributed by atoms with Crippen LogP contribution in [0.15, 0.2) is 0 Å². The summed E-state index contributed by atoms with van der Waals surface area (Å²) < 4.78 is 5.19. The maximum Gasteiger partial charge on any atom is 0.248 e. The van der Waals surface area contributed by atoms with Gasteiger partial charge in [0.05, 0.1) is 12.7 Å². The summed E-state index contributed by atoms with van der Waals surface area (Å²) in [5.74, 6) is 0.0453. The summed E-state index contributed by atoms with van der Waals surface area (Å²) in [4.78, 5) is 15.8. The lowest BCUT2D eigenvalue weighted by atomic mass is 10.2. The van der Waals surface area contributed by atoms with E-state index in [1.165, 1.54) is 12.8 Å². The molecule has 2 saturated heterocycles. The molecule has 1 unspecified atom stereocenters. The number of aliphatic hydroxyl groups is 1. The molecule has 2 aliphatic rings. The van der Waals surface area contributed by atoms with E-state index >= 15 is 0 Å². The molecule has 1 amide bonds. The molecule has 16 heavy (non-hydrogen) atoms.